The molecule has 0 saturated heterocycles. The Morgan fingerprint density at radius 3 is 2.53 bits per heavy atom. The summed E-state index contributed by atoms with van der Waals surface area (Å²) in [6, 6.07) is 4.81. The molecule has 19 heavy (non-hydrogen) atoms. The highest BCUT2D eigenvalue weighted by molar-refractivity contribution is 6.31. The summed E-state index contributed by atoms with van der Waals surface area (Å²) >= 11 is 5.96. The smallest absolute Gasteiger partial charge is 0.352 e. The Morgan fingerprint density at radius 1 is 1.37 bits per heavy atom. The molecular weight excluding hydrogens is 266 g/mol. The Bertz CT molecular complexity index is 732. The fourth-order valence-corrected chi connectivity index (χ4v) is 2.47. The minimum Gasteiger partial charge on any atom is -0.477 e. The van der Waals surface area contributed by atoms with Crippen molar-refractivity contribution in [1.82, 2.24) is 4.57 Å². The van der Waals surface area contributed by atoms with Gasteiger partial charge < -0.3 is 9.67 Å². The lowest BCUT2D eigenvalue weighted by Crippen LogP contribution is -2.23. The fraction of sp³-hybridized carbons (Fsp3) is 0.286. The minimum absolute atomic E-state index is 0.0229. The number of rotatable bonds is 2. The first-order chi connectivity index (χ1) is 8.84. The highest BCUT2D eigenvalue weighted by atomic mass is 35.5. The van der Waals surface area contributed by atoms with Gasteiger partial charge in [0.1, 0.15) is 5.69 Å². The van der Waals surface area contributed by atoms with E-state index in [1.165, 1.54) is 0 Å². The van der Waals surface area contributed by atoms with Crippen molar-refractivity contribution < 1.29 is 9.90 Å². The molecule has 0 aliphatic heterocycles. The number of aromatic carboxylic acids is 1. The highest BCUT2D eigenvalue weighted by Crippen LogP contribution is 2.24. The molecule has 1 heterocycles. The normalized spacial score (nSPS) is 11.2. The van der Waals surface area contributed by atoms with E-state index in [-0.39, 0.29) is 22.7 Å². The zero-order valence-corrected chi connectivity index (χ0v) is 11.7. The summed E-state index contributed by atoms with van der Waals surface area (Å²) < 4.78 is 1.64. The van der Waals surface area contributed by atoms with Crippen LogP contribution in [-0.2, 0) is 0 Å². The number of carboxylic acid groups (broad SMARTS) is 1. The van der Waals surface area contributed by atoms with Crippen LogP contribution in [0.2, 0.25) is 5.02 Å². The molecule has 2 aromatic rings. The van der Waals surface area contributed by atoms with Gasteiger partial charge in [0, 0.05) is 22.0 Å². The summed E-state index contributed by atoms with van der Waals surface area (Å²) in [7, 11) is 0. The molecule has 1 aromatic heterocycles. The molecule has 1 aromatic carbocycles. The van der Waals surface area contributed by atoms with Gasteiger partial charge >= 0.3 is 5.97 Å². The molecule has 0 unspecified atom stereocenters. The number of hydrogen-bond donors (Lipinski definition) is 1. The number of fused-ring (bicyclic) bond motifs is 1. The number of nitrogens with zero attached hydrogens (tertiary/aromatic N) is 1. The Balaban J connectivity index is 3.10. The van der Waals surface area contributed by atoms with Gasteiger partial charge in [-0.25, -0.2) is 4.79 Å². The van der Waals surface area contributed by atoms with Crippen molar-refractivity contribution in [3.8, 4) is 0 Å². The summed E-state index contributed by atoms with van der Waals surface area (Å²) in [6.45, 7) is 5.28. The zero-order valence-electron chi connectivity index (χ0n) is 10.9. The lowest BCUT2D eigenvalue weighted by molar-refractivity contribution is 0.0682. The van der Waals surface area contributed by atoms with Gasteiger partial charge in [0.05, 0.1) is 5.52 Å². The van der Waals surface area contributed by atoms with Crippen LogP contribution in [0.4, 0.5) is 0 Å². The molecule has 0 atom stereocenters. The van der Waals surface area contributed by atoms with Crippen molar-refractivity contribution in [3.63, 3.8) is 0 Å². The first-order valence-corrected chi connectivity index (χ1v) is 6.30. The molecule has 0 aliphatic rings. The van der Waals surface area contributed by atoms with Gasteiger partial charge in [-0.1, -0.05) is 11.6 Å². The predicted octanol–water partition coefficient (Wildman–Crippen LogP) is 3.24. The highest BCUT2D eigenvalue weighted by Gasteiger charge is 2.20. The molecular formula is C14H14ClNO3. The van der Waals surface area contributed by atoms with Crippen molar-refractivity contribution in [2.24, 2.45) is 0 Å². The van der Waals surface area contributed by atoms with E-state index in [0.29, 0.717) is 15.9 Å². The third-order valence-corrected chi connectivity index (χ3v) is 3.35. The van der Waals surface area contributed by atoms with Crippen LogP contribution in [0.1, 0.15) is 35.9 Å². The first-order valence-electron chi connectivity index (χ1n) is 5.92. The maximum absolute atomic E-state index is 12.2. The van der Waals surface area contributed by atoms with Gasteiger partial charge in [-0.05, 0) is 39.0 Å². The Morgan fingerprint density at radius 2 is 2.00 bits per heavy atom. The van der Waals surface area contributed by atoms with Crippen molar-refractivity contribution in [2.75, 3.05) is 0 Å². The Kier molecular flexibility index (Phi) is 3.37. The van der Waals surface area contributed by atoms with Gasteiger partial charge in [0.25, 0.3) is 0 Å². The third-order valence-electron chi connectivity index (χ3n) is 3.12. The Hall–Kier alpha value is -1.81. The van der Waals surface area contributed by atoms with Gasteiger partial charge in [0.15, 0.2) is 5.43 Å². The van der Waals surface area contributed by atoms with Crippen molar-refractivity contribution in [1.29, 1.82) is 0 Å². The molecule has 0 radical (unpaired) electrons. The second-order valence-corrected chi connectivity index (χ2v) is 5.17. The number of aromatic nitrogens is 1. The molecule has 0 saturated carbocycles. The summed E-state index contributed by atoms with van der Waals surface area (Å²) in [6.07, 6.45) is 0. The minimum atomic E-state index is -1.11. The van der Waals surface area contributed by atoms with Crippen LogP contribution in [-0.4, -0.2) is 15.6 Å². The van der Waals surface area contributed by atoms with Crippen molar-refractivity contribution in [2.45, 2.75) is 26.8 Å². The van der Waals surface area contributed by atoms with Gasteiger partial charge in [-0.2, -0.15) is 0 Å². The Labute approximate surface area is 115 Å². The van der Waals surface area contributed by atoms with E-state index in [1.807, 2.05) is 13.8 Å². The molecule has 100 valence electrons. The topological polar surface area (TPSA) is 59.3 Å². The maximum atomic E-state index is 12.2. The van der Waals surface area contributed by atoms with Crippen LogP contribution in [0.3, 0.4) is 0 Å². The van der Waals surface area contributed by atoms with Crippen LogP contribution < -0.4 is 5.43 Å². The summed E-state index contributed by atoms with van der Waals surface area (Å²) in [5.41, 5.74) is 0.558. The van der Waals surface area contributed by atoms with Crippen molar-refractivity contribution >= 4 is 28.5 Å². The molecule has 1 N–H and O–H groups in total. The molecule has 0 aliphatic carbocycles. The van der Waals surface area contributed by atoms with Gasteiger partial charge in [0.2, 0.25) is 0 Å². The van der Waals surface area contributed by atoms with Crippen LogP contribution >= 0.6 is 11.6 Å². The number of carbonyl (C=O) groups is 1. The van der Waals surface area contributed by atoms with Crippen LogP contribution in [0.5, 0.6) is 0 Å². The van der Waals surface area contributed by atoms with E-state index >= 15 is 0 Å². The van der Waals surface area contributed by atoms with Crippen LogP contribution in [0.25, 0.3) is 10.9 Å². The van der Waals surface area contributed by atoms with E-state index < -0.39 is 5.97 Å². The molecule has 0 bridgehead atoms. The molecule has 4 nitrogen and oxygen atoms in total. The number of benzene rings is 1. The summed E-state index contributed by atoms with van der Waals surface area (Å²) in [5, 5.41) is 10.3. The largest absolute Gasteiger partial charge is 0.477 e. The lowest BCUT2D eigenvalue weighted by atomic mass is 10.1. The molecule has 5 heteroatoms. The van der Waals surface area contributed by atoms with Gasteiger partial charge in [-0.15, -0.1) is 0 Å². The standard InChI is InChI=1S/C14H14ClNO3/c1-7(2)16-11-6-9(15)4-5-10(11)13(17)8(3)12(16)14(18)19/h4-7H,1-3H3,(H,18,19). The second kappa shape index (κ2) is 4.70. The zero-order chi connectivity index (χ0) is 14.3. The van der Waals surface area contributed by atoms with E-state index in [4.69, 9.17) is 11.6 Å². The average Bonchev–Trinajstić information content (AvgIpc) is 2.32. The average molecular weight is 280 g/mol. The van der Waals surface area contributed by atoms with Crippen LogP contribution in [0.15, 0.2) is 23.0 Å². The molecule has 0 amide bonds. The monoisotopic (exact) mass is 279 g/mol. The van der Waals surface area contributed by atoms with Crippen molar-refractivity contribution in [3.05, 3.63) is 44.7 Å². The quantitative estimate of drug-likeness (QED) is 0.918. The molecule has 0 spiro atoms. The SMILES string of the molecule is Cc1c(C(=O)O)n(C(C)C)c2cc(Cl)ccc2c1=O. The molecule has 2 rings (SSSR count). The number of halogens is 1. The van der Waals surface area contributed by atoms with Crippen LogP contribution in [0, 0.1) is 6.92 Å². The van der Waals surface area contributed by atoms with E-state index in [0.717, 1.165) is 0 Å². The molecule has 0 fully saturated rings. The second-order valence-electron chi connectivity index (χ2n) is 4.73. The number of carboxylic acids is 1. The number of pyridine rings is 1. The number of hydrogen-bond acceptors (Lipinski definition) is 2. The predicted molar refractivity (Wildman–Crippen MR) is 75.3 cm³/mol. The maximum Gasteiger partial charge on any atom is 0.352 e. The first kappa shape index (κ1) is 13.6. The summed E-state index contributed by atoms with van der Waals surface area (Å²) in [4.78, 5) is 23.7. The fourth-order valence-electron chi connectivity index (χ4n) is 2.31. The van der Waals surface area contributed by atoms with E-state index in [1.54, 1.807) is 29.7 Å². The van der Waals surface area contributed by atoms with Gasteiger partial charge in [-0.3, -0.25) is 4.79 Å². The lowest BCUT2D eigenvalue weighted by Gasteiger charge is -2.20. The summed E-state index contributed by atoms with van der Waals surface area (Å²) in [5.74, 6) is -1.11. The third kappa shape index (κ3) is 2.12. The van der Waals surface area contributed by atoms with E-state index in [9.17, 15) is 14.7 Å². The van der Waals surface area contributed by atoms with E-state index in [2.05, 4.69) is 0 Å².